The molecular weight excluding hydrogens is 246 g/mol. The van der Waals surface area contributed by atoms with E-state index in [0.717, 1.165) is 5.01 Å². The van der Waals surface area contributed by atoms with E-state index in [0.29, 0.717) is 5.69 Å². The zero-order valence-electron chi connectivity index (χ0n) is 8.57. The van der Waals surface area contributed by atoms with Crippen molar-refractivity contribution in [2.45, 2.75) is 11.3 Å². The van der Waals surface area contributed by atoms with Gasteiger partial charge in [0.1, 0.15) is 5.84 Å². The van der Waals surface area contributed by atoms with E-state index in [1.807, 2.05) is 0 Å². The monoisotopic (exact) mass is 255 g/mol. The first kappa shape index (κ1) is 11.6. The predicted octanol–water partition coefficient (Wildman–Crippen LogP) is -0.0578. The van der Waals surface area contributed by atoms with Gasteiger partial charge in [-0.3, -0.25) is 9.35 Å². The molecule has 0 spiro atoms. The van der Waals surface area contributed by atoms with Gasteiger partial charge in [0, 0.05) is 0 Å². The number of rotatable bonds is 2. The molecule has 0 atom stereocenters. The Balaban J connectivity index is 2.34. The number of hydrogen-bond donors (Lipinski definition) is 2. The molecule has 90 valence electrons. The van der Waals surface area contributed by atoms with E-state index in [4.69, 9.17) is 10.3 Å². The summed E-state index contributed by atoms with van der Waals surface area (Å²) in [6, 6.07) is 5.09. The summed E-state index contributed by atoms with van der Waals surface area (Å²) < 4.78 is 30.4. The van der Waals surface area contributed by atoms with Crippen LogP contribution in [-0.2, 0) is 14.9 Å². The maximum atomic E-state index is 11.4. The fraction of sp³-hybridized carbons (Fsp3) is 0.111. The highest BCUT2D eigenvalue weighted by atomic mass is 32.2. The Morgan fingerprint density at radius 2 is 1.88 bits per heavy atom. The first-order valence-corrected chi connectivity index (χ1v) is 6.05. The van der Waals surface area contributed by atoms with E-state index >= 15 is 0 Å². The van der Waals surface area contributed by atoms with Gasteiger partial charge in [-0.2, -0.15) is 18.5 Å². The van der Waals surface area contributed by atoms with Crippen LogP contribution in [0, 0.1) is 0 Å². The van der Waals surface area contributed by atoms with Gasteiger partial charge in [-0.25, -0.2) is 0 Å². The number of hydrazone groups is 1. The van der Waals surface area contributed by atoms with Gasteiger partial charge in [0.05, 0.1) is 17.0 Å². The molecule has 1 aliphatic rings. The Morgan fingerprint density at radius 3 is 2.29 bits per heavy atom. The molecule has 17 heavy (non-hydrogen) atoms. The maximum absolute atomic E-state index is 11.4. The second-order valence-corrected chi connectivity index (χ2v) is 4.86. The molecule has 1 heterocycles. The highest BCUT2D eigenvalue weighted by Gasteiger charge is 2.23. The topological polar surface area (TPSA) is 113 Å². The molecule has 1 aliphatic heterocycles. The molecule has 1 amide bonds. The molecule has 0 saturated heterocycles. The van der Waals surface area contributed by atoms with Crippen LogP contribution >= 0.6 is 0 Å². The molecule has 1 aromatic rings. The molecule has 0 radical (unpaired) electrons. The second-order valence-electron chi connectivity index (χ2n) is 3.44. The minimum atomic E-state index is -4.23. The van der Waals surface area contributed by atoms with Gasteiger partial charge < -0.3 is 5.73 Å². The fourth-order valence-corrected chi connectivity index (χ4v) is 1.89. The molecule has 3 N–H and O–H groups in total. The van der Waals surface area contributed by atoms with Crippen LogP contribution < -0.4 is 10.7 Å². The number of carbonyl (C=O) groups excluding carboxylic acids is 1. The van der Waals surface area contributed by atoms with Crippen LogP contribution in [0.5, 0.6) is 0 Å². The van der Waals surface area contributed by atoms with Crippen molar-refractivity contribution in [3.05, 3.63) is 24.3 Å². The van der Waals surface area contributed by atoms with Gasteiger partial charge in [-0.05, 0) is 24.3 Å². The van der Waals surface area contributed by atoms with Crippen molar-refractivity contribution < 1.29 is 17.8 Å². The number of amidine groups is 1. The SMILES string of the molecule is NC1=NN(c2ccc(S(=O)(=O)O)cc2)C(=O)C1. The predicted molar refractivity (Wildman–Crippen MR) is 60.0 cm³/mol. The number of amides is 1. The number of carbonyl (C=O) groups is 1. The molecule has 0 bridgehead atoms. The third-order valence-corrected chi connectivity index (χ3v) is 3.04. The van der Waals surface area contributed by atoms with E-state index in [-0.39, 0.29) is 23.1 Å². The maximum Gasteiger partial charge on any atom is 0.294 e. The largest absolute Gasteiger partial charge is 0.385 e. The van der Waals surface area contributed by atoms with Gasteiger partial charge >= 0.3 is 0 Å². The number of anilines is 1. The van der Waals surface area contributed by atoms with Crippen molar-refractivity contribution in [1.29, 1.82) is 0 Å². The summed E-state index contributed by atoms with van der Waals surface area (Å²) in [6.45, 7) is 0. The normalized spacial score (nSPS) is 16.2. The number of benzene rings is 1. The Labute approximate surface area is 97.3 Å². The van der Waals surface area contributed by atoms with Gasteiger partial charge in [-0.1, -0.05) is 0 Å². The Morgan fingerprint density at radius 1 is 1.29 bits per heavy atom. The minimum Gasteiger partial charge on any atom is -0.385 e. The molecule has 2 rings (SSSR count). The van der Waals surface area contributed by atoms with Gasteiger partial charge in [0.2, 0.25) is 0 Å². The third kappa shape index (κ3) is 2.27. The van der Waals surface area contributed by atoms with Crippen molar-refractivity contribution in [3.8, 4) is 0 Å². The van der Waals surface area contributed by atoms with Crippen molar-refractivity contribution in [2.24, 2.45) is 10.8 Å². The molecule has 7 nitrogen and oxygen atoms in total. The third-order valence-electron chi connectivity index (χ3n) is 2.18. The number of nitrogens with zero attached hydrogens (tertiary/aromatic N) is 2. The summed E-state index contributed by atoms with van der Waals surface area (Å²) in [7, 11) is -4.23. The highest BCUT2D eigenvalue weighted by molar-refractivity contribution is 7.85. The molecule has 8 heteroatoms. The van der Waals surface area contributed by atoms with Crippen LogP contribution in [0.2, 0.25) is 0 Å². The van der Waals surface area contributed by atoms with Crippen LogP contribution in [0.3, 0.4) is 0 Å². The molecule has 0 aliphatic carbocycles. The molecule has 1 aromatic carbocycles. The average Bonchev–Trinajstić information content (AvgIpc) is 2.57. The van der Waals surface area contributed by atoms with Crippen LogP contribution in [0.25, 0.3) is 0 Å². The summed E-state index contributed by atoms with van der Waals surface area (Å²) in [5.41, 5.74) is 5.80. The summed E-state index contributed by atoms with van der Waals surface area (Å²) in [5.74, 6) is -0.0871. The zero-order valence-corrected chi connectivity index (χ0v) is 9.38. The molecule has 0 unspecified atom stereocenters. The number of nitrogens with two attached hydrogens (primary N) is 1. The van der Waals surface area contributed by atoms with Gasteiger partial charge in [0.25, 0.3) is 16.0 Å². The Hall–Kier alpha value is -1.93. The lowest BCUT2D eigenvalue weighted by Gasteiger charge is -2.11. The van der Waals surface area contributed by atoms with Crippen LogP contribution in [0.1, 0.15) is 6.42 Å². The van der Waals surface area contributed by atoms with Crippen LogP contribution in [0.15, 0.2) is 34.3 Å². The zero-order chi connectivity index (χ0) is 12.6. The van der Waals surface area contributed by atoms with E-state index in [1.54, 1.807) is 0 Å². The lowest BCUT2D eigenvalue weighted by molar-refractivity contribution is -0.116. The van der Waals surface area contributed by atoms with Crippen molar-refractivity contribution in [2.75, 3.05) is 5.01 Å². The van der Waals surface area contributed by atoms with E-state index in [9.17, 15) is 13.2 Å². The standard InChI is InChI=1S/C9H9N3O4S/c10-8-5-9(13)12(11-8)6-1-3-7(4-2-6)17(14,15)16/h1-4H,5H2,(H2,10,11)(H,14,15,16). The van der Waals surface area contributed by atoms with Gasteiger partial charge in [0.15, 0.2) is 0 Å². The summed E-state index contributed by atoms with van der Waals surface area (Å²) in [6.07, 6.45) is 0.0417. The number of hydrogen-bond acceptors (Lipinski definition) is 5. The quantitative estimate of drug-likeness (QED) is 0.719. The lowest BCUT2D eigenvalue weighted by Crippen LogP contribution is -2.19. The van der Waals surface area contributed by atoms with Crippen molar-refractivity contribution >= 4 is 27.5 Å². The van der Waals surface area contributed by atoms with Crippen LogP contribution in [-0.4, -0.2) is 24.7 Å². The van der Waals surface area contributed by atoms with Gasteiger partial charge in [-0.15, -0.1) is 0 Å². The Kier molecular flexibility index (Phi) is 2.60. The van der Waals surface area contributed by atoms with E-state index in [2.05, 4.69) is 5.10 Å². The second kappa shape index (κ2) is 3.82. The first-order valence-electron chi connectivity index (χ1n) is 4.61. The smallest absolute Gasteiger partial charge is 0.294 e. The first-order chi connectivity index (χ1) is 7.88. The highest BCUT2D eigenvalue weighted by Crippen LogP contribution is 2.21. The average molecular weight is 255 g/mol. The molecular formula is C9H9N3O4S. The van der Waals surface area contributed by atoms with E-state index in [1.165, 1.54) is 24.3 Å². The van der Waals surface area contributed by atoms with Crippen LogP contribution in [0.4, 0.5) is 5.69 Å². The summed E-state index contributed by atoms with van der Waals surface area (Å²) in [5, 5.41) is 4.88. The molecule has 0 fully saturated rings. The summed E-state index contributed by atoms with van der Waals surface area (Å²) >= 11 is 0. The minimum absolute atomic E-state index is 0.0417. The Bertz CT molecular complexity index is 591. The summed E-state index contributed by atoms with van der Waals surface area (Å²) in [4.78, 5) is 11.2. The van der Waals surface area contributed by atoms with Crippen molar-refractivity contribution in [3.63, 3.8) is 0 Å². The van der Waals surface area contributed by atoms with Crippen molar-refractivity contribution in [1.82, 2.24) is 0 Å². The fourth-order valence-electron chi connectivity index (χ4n) is 1.41. The molecule has 0 aromatic heterocycles. The van der Waals surface area contributed by atoms with E-state index < -0.39 is 10.1 Å². The molecule has 0 saturated carbocycles. The lowest BCUT2D eigenvalue weighted by atomic mass is 10.3.